The Balaban J connectivity index is 1.70. The summed E-state index contributed by atoms with van der Waals surface area (Å²) in [5.74, 6) is 1.79. The highest BCUT2D eigenvalue weighted by atomic mass is 79.9. The fourth-order valence-corrected chi connectivity index (χ4v) is 4.43. The maximum absolute atomic E-state index is 9.72. The van der Waals surface area contributed by atoms with E-state index in [4.69, 9.17) is 4.74 Å². The van der Waals surface area contributed by atoms with Gasteiger partial charge < -0.3 is 9.84 Å². The van der Waals surface area contributed by atoms with E-state index in [1.807, 2.05) is 23.9 Å². The molecule has 1 aliphatic rings. The third-order valence-electron chi connectivity index (χ3n) is 4.24. The van der Waals surface area contributed by atoms with Gasteiger partial charge in [-0.25, -0.2) is 0 Å². The summed E-state index contributed by atoms with van der Waals surface area (Å²) in [4.78, 5) is 3.62. The topological polar surface area (TPSA) is 32.7 Å². The molecule has 0 bridgehead atoms. The SMILES string of the molecule is COc1ccc(Br)cc1CSc1ccccc1CN1CCC(O)C1. The second kappa shape index (κ2) is 8.39. The number of nitrogens with zero attached hydrogens (tertiary/aromatic N) is 1. The van der Waals surface area contributed by atoms with Crippen molar-refractivity contribution in [1.29, 1.82) is 0 Å². The van der Waals surface area contributed by atoms with Gasteiger partial charge in [-0.15, -0.1) is 11.8 Å². The average molecular weight is 408 g/mol. The predicted octanol–water partition coefficient (Wildman–Crippen LogP) is 4.32. The number of hydrogen-bond acceptors (Lipinski definition) is 4. The third-order valence-corrected chi connectivity index (χ3v) is 5.90. The van der Waals surface area contributed by atoms with E-state index in [1.54, 1.807) is 7.11 Å². The molecule has 1 atom stereocenters. The standard InChI is InChI=1S/C19H22BrNO2S/c1-23-18-7-6-16(20)10-15(18)13-24-19-5-3-2-4-14(19)11-21-9-8-17(22)12-21/h2-7,10,17,22H,8-9,11-13H2,1H3. The van der Waals surface area contributed by atoms with Crippen LogP contribution in [0.15, 0.2) is 51.8 Å². The first-order chi connectivity index (χ1) is 11.7. The van der Waals surface area contributed by atoms with Crippen LogP contribution in [0.1, 0.15) is 17.5 Å². The monoisotopic (exact) mass is 407 g/mol. The number of likely N-dealkylation sites (tertiary alicyclic amines) is 1. The normalized spacial score (nSPS) is 18.0. The fourth-order valence-electron chi connectivity index (χ4n) is 2.99. The number of halogens is 1. The molecule has 0 aliphatic carbocycles. The summed E-state index contributed by atoms with van der Waals surface area (Å²) in [6.45, 7) is 2.65. The van der Waals surface area contributed by atoms with Crippen LogP contribution in [-0.4, -0.2) is 36.3 Å². The minimum absolute atomic E-state index is 0.171. The Morgan fingerprint density at radius 2 is 2.08 bits per heavy atom. The number of methoxy groups -OCH3 is 1. The molecule has 128 valence electrons. The van der Waals surface area contributed by atoms with Gasteiger partial charge in [0.05, 0.1) is 13.2 Å². The van der Waals surface area contributed by atoms with Gasteiger partial charge in [0.25, 0.3) is 0 Å². The Hall–Kier alpha value is -1.01. The Morgan fingerprint density at radius 3 is 2.83 bits per heavy atom. The number of β-amino-alcohol motifs (C(OH)–C–C–N with tert-alkyl or cyclic N) is 1. The lowest BCUT2D eigenvalue weighted by Crippen LogP contribution is -2.21. The van der Waals surface area contributed by atoms with Crippen molar-refractivity contribution in [3.05, 3.63) is 58.1 Å². The molecule has 0 spiro atoms. The Labute approximate surface area is 156 Å². The summed E-state index contributed by atoms with van der Waals surface area (Å²) >= 11 is 5.37. The van der Waals surface area contributed by atoms with E-state index in [0.29, 0.717) is 0 Å². The summed E-state index contributed by atoms with van der Waals surface area (Å²) in [5, 5.41) is 9.72. The highest BCUT2D eigenvalue weighted by molar-refractivity contribution is 9.10. The summed E-state index contributed by atoms with van der Waals surface area (Å²) in [7, 11) is 1.71. The summed E-state index contributed by atoms with van der Waals surface area (Å²) < 4.78 is 6.54. The maximum atomic E-state index is 9.72. The number of aliphatic hydroxyl groups excluding tert-OH is 1. The molecule has 1 unspecified atom stereocenters. The number of benzene rings is 2. The minimum Gasteiger partial charge on any atom is -0.496 e. The lowest BCUT2D eigenvalue weighted by molar-refractivity contribution is 0.174. The van der Waals surface area contributed by atoms with E-state index >= 15 is 0 Å². The Kier molecular flexibility index (Phi) is 6.22. The van der Waals surface area contributed by atoms with Crippen molar-refractivity contribution in [1.82, 2.24) is 4.90 Å². The number of ether oxygens (including phenoxy) is 1. The van der Waals surface area contributed by atoms with Crippen LogP contribution in [0.3, 0.4) is 0 Å². The van der Waals surface area contributed by atoms with Gasteiger partial charge in [-0.3, -0.25) is 4.90 Å². The molecule has 1 saturated heterocycles. The van der Waals surface area contributed by atoms with E-state index < -0.39 is 0 Å². The largest absolute Gasteiger partial charge is 0.496 e. The van der Waals surface area contributed by atoms with Gasteiger partial charge in [-0.2, -0.15) is 0 Å². The third kappa shape index (κ3) is 4.54. The zero-order chi connectivity index (χ0) is 16.9. The number of rotatable bonds is 6. The van der Waals surface area contributed by atoms with Crippen molar-refractivity contribution in [2.45, 2.75) is 29.7 Å². The molecule has 1 fully saturated rings. The highest BCUT2D eigenvalue weighted by Crippen LogP contribution is 2.32. The molecular formula is C19H22BrNO2S. The van der Waals surface area contributed by atoms with Gasteiger partial charge >= 0.3 is 0 Å². The molecule has 5 heteroatoms. The van der Waals surface area contributed by atoms with Crippen LogP contribution in [-0.2, 0) is 12.3 Å². The number of hydrogen-bond donors (Lipinski definition) is 1. The number of aliphatic hydroxyl groups is 1. The van der Waals surface area contributed by atoms with E-state index in [0.717, 1.165) is 42.0 Å². The molecule has 0 amide bonds. The second-order valence-corrected chi connectivity index (χ2v) is 7.96. The van der Waals surface area contributed by atoms with E-state index in [-0.39, 0.29) is 6.10 Å². The maximum Gasteiger partial charge on any atom is 0.122 e. The molecule has 0 aromatic heterocycles. The van der Waals surface area contributed by atoms with Crippen molar-refractivity contribution in [2.24, 2.45) is 0 Å². The summed E-state index contributed by atoms with van der Waals surface area (Å²) in [6.07, 6.45) is 0.709. The van der Waals surface area contributed by atoms with Crippen LogP contribution in [0.4, 0.5) is 0 Å². The van der Waals surface area contributed by atoms with Crippen molar-refractivity contribution in [2.75, 3.05) is 20.2 Å². The van der Waals surface area contributed by atoms with E-state index in [2.05, 4.69) is 51.2 Å². The molecule has 2 aromatic rings. The minimum atomic E-state index is -0.171. The van der Waals surface area contributed by atoms with Crippen molar-refractivity contribution in [3.63, 3.8) is 0 Å². The lowest BCUT2D eigenvalue weighted by atomic mass is 10.2. The predicted molar refractivity (Wildman–Crippen MR) is 103 cm³/mol. The fraction of sp³-hybridized carbons (Fsp3) is 0.368. The Bertz CT molecular complexity index is 695. The number of thioether (sulfide) groups is 1. The Morgan fingerprint density at radius 1 is 1.25 bits per heavy atom. The first-order valence-corrected chi connectivity index (χ1v) is 9.87. The molecule has 1 heterocycles. The van der Waals surface area contributed by atoms with Crippen LogP contribution < -0.4 is 4.74 Å². The van der Waals surface area contributed by atoms with Crippen molar-refractivity contribution >= 4 is 27.7 Å². The van der Waals surface area contributed by atoms with Gasteiger partial charge in [0.2, 0.25) is 0 Å². The smallest absolute Gasteiger partial charge is 0.122 e. The summed E-state index contributed by atoms with van der Waals surface area (Å²) in [5.41, 5.74) is 2.51. The summed E-state index contributed by atoms with van der Waals surface area (Å²) in [6, 6.07) is 14.7. The average Bonchev–Trinajstić information content (AvgIpc) is 2.99. The molecule has 3 rings (SSSR count). The molecule has 24 heavy (non-hydrogen) atoms. The molecule has 3 nitrogen and oxygen atoms in total. The van der Waals surface area contributed by atoms with Crippen LogP contribution in [0.5, 0.6) is 5.75 Å². The van der Waals surface area contributed by atoms with Crippen LogP contribution in [0.25, 0.3) is 0 Å². The zero-order valence-corrected chi connectivity index (χ0v) is 16.1. The van der Waals surface area contributed by atoms with Crippen LogP contribution >= 0.6 is 27.7 Å². The van der Waals surface area contributed by atoms with E-state index in [1.165, 1.54) is 16.0 Å². The van der Waals surface area contributed by atoms with Gasteiger partial charge in [0.15, 0.2) is 0 Å². The van der Waals surface area contributed by atoms with Crippen molar-refractivity contribution in [3.8, 4) is 5.75 Å². The molecule has 1 N–H and O–H groups in total. The lowest BCUT2D eigenvalue weighted by Gasteiger charge is -2.17. The molecule has 1 aliphatic heterocycles. The first kappa shape index (κ1) is 17.8. The highest BCUT2D eigenvalue weighted by Gasteiger charge is 2.20. The molecule has 2 aromatic carbocycles. The van der Waals surface area contributed by atoms with E-state index in [9.17, 15) is 5.11 Å². The zero-order valence-electron chi connectivity index (χ0n) is 13.7. The molecule has 0 radical (unpaired) electrons. The van der Waals surface area contributed by atoms with Gasteiger partial charge in [-0.1, -0.05) is 34.1 Å². The molecule has 0 saturated carbocycles. The van der Waals surface area contributed by atoms with Gasteiger partial charge in [0.1, 0.15) is 5.75 Å². The quantitative estimate of drug-likeness (QED) is 0.722. The first-order valence-electron chi connectivity index (χ1n) is 8.09. The molecular weight excluding hydrogens is 386 g/mol. The second-order valence-electron chi connectivity index (χ2n) is 6.03. The van der Waals surface area contributed by atoms with Gasteiger partial charge in [0, 0.05) is 40.3 Å². The van der Waals surface area contributed by atoms with Crippen molar-refractivity contribution < 1.29 is 9.84 Å². The van der Waals surface area contributed by atoms with Crippen LogP contribution in [0.2, 0.25) is 0 Å². The van der Waals surface area contributed by atoms with Crippen LogP contribution in [0, 0.1) is 0 Å². The van der Waals surface area contributed by atoms with Gasteiger partial charge in [-0.05, 0) is 36.2 Å².